The first kappa shape index (κ1) is 20.8. The standard InChI is InChI=1S/C24H16BrF2N3OS/c25-16-13-14(26)8-9-15(16)20-10-11-21(31-20)23-22(18-6-3-4-12-28-18)29-24(32)30(23)19-7-2-1-5-17(19)27/h1-13,22-23H,(H,29,32)/t22-,23+/m0/s1. The van der Waals surface area contributed by atoms with Crippen LogP contribution < -0.4 is 10.2 Å². The summed E-state index contributed by atoms with van der Waals surface area (Å²) >= 11 is 8.99. The van der Waals surface area contributed by atoms with Crippen LogP contribution in [0.2, 0.25) is 0 Å². The number of thiocarbonyl (C=S) groups is 1. The molecule has 8 heteroatoms. The molecule has 2 aromatic carbocycles. The number of aromatic nitrogens is 1. The third-order valence-corrected chi connectivity index (χ3v) is 6.30. The van der Waals surface area contributed by atoms with Crippen molar-refractivity contribution < 1.29 is 13.2 Å². The SMILES string of the molecule is Fc1ccc(-c2ccc([C@@H]3[C@H](c4ccccn4)NC(=S)N3c3ccccc3F)o2)c(Br)c1. The molecule has 3 heterocycles. The maximum absolute atomic E-state index is 14.8. The molecule has 5 rings (SSSR count). The van der Waals surface area contributed by atoms with Crippen LogP contribution in [-0.4, -0.2) is 10.1 Å². The van der Waals surface area contributed by atoms with E-state index in [0.29, 0.717) is 32.4 Å². The third kappa shape index (κ3) is 3.69. The second-order valence-corrected chi connectivity index (χ2v) is 8.52. The van der Waals surface area contributed by atoms with Crippen molar-refractivity contribution in [3.63, 3.8) is 0 Å². The average Bonchev–Trinajstić information content (AvgIpc) is 3.39. The normalized spacial score (nSPS) is 18.1. The van der Waals surface area contributed by atoms with E-state index in [-0.39, 0.29) is 11.9 Å². The van der Waals surface area contributed by atoms with Crippen molar-refractivity contribution in [1.82, 2.24) is 10.3 Å². The molecule has 1 saturated heterocycles. The van der Waals surface area contributed by atoms with Crippen LogP contribution in [0.5, 0.6) is 0 Å². The quantitative estimate of drug-likeness (QED) is 0.314. The number of nitrogens with zero attached hydrogens (tertiary/aromatic N) is 2. The van der Waals surface area contributed by atoms with E-state index in [1.54, 1.807) is 35.4 Å². The molecule has 1 fully saturated rings. The minimum absolute atomic E-state index is 0.342. The van der Waals surface area contributed by atoms with Gasteiger partial charge in [-0.05, 0) is 82.7 Å². The first-order valence-electron chi connectivity index (χ1n) is 9.83. The van der Waals surface area contributed by atoms with E-state index in [0.717, 1.165) is 5.69 Å². The van der Waals surface area contributed by atoms with Gasteiger partial charge in [0, 0.05) is 16.2 Å². The zero-order valence-electron chi connectivity index (χ0n) is 16.5. The fourth-order valence-corrected chi connectivity index (χ4v) is 4.78. The van der Waals surface area contributed by atoms with Gasteiger partial charge in [0.1, 0.15) is 29.2 Å². The third-order valence-electron chi connectivity index (χ3n) is 5.32. The molecular formula is C24H16BrF2N3OS. The Kier molecular flexibility index (Phi) is 5.48. The number of para-hydroxylation sites is 1. The molecule has 0 radical (unpaired) electrons. The van der Waals surface area contributed by atoms with Gasteiger partial charge in [-0.1, -0.05) is 18.2 Å². The van der Waals surface area contributed by atoms with Crippen LogP contribution in [0.4, 0.5) is 14.5 Å². The molecule has 4 aromatic rings. The van der Waals surface area contributed by atoms with Crippen molar-refractivity contribution in [1.29, 1.82) is 0 Å². The van der Waals surface area contributed by atoms with Gasteiger partial charge >= 0.3 is 0 Å². The van der Waals surface area contributed by atoms with Gasteiger partial charge in [0.15, 0.2) is 5.11 Å². The summed E-state index contributed by atoms with van der Waals surface area (Å²) in [6.07, 6.45) is 1.70. The van der Waals surface area contributed by atoms with Gasteiger partial charge in [0.2, 0.25) is 0 Å². The molecule has 160 valence electrons. The number of nitrogens with one attached hydrogen (secondary N) is 1. The molecule has 1 aliphatic heterocycles. The summed E-state index contributed by atoms with van der Waals surface area (Å²) in [4.78, 5) is 6.19. The van der Waals surface area contributed by atoms with Crippen molar-refractivity contribution in [2.24, 2.45) is 0 Å². The van der Waals surface area contributed by atoms with Crippen molar-refractivity contribution >= 4 is 38.9 Å². The van der Waals surface area contributed by atoms with Gasteiger partial charge < -0.3 is 14.6 Å². The van der Waals surface area contributed by atoms with Gasteiger partial charge in [0.05, 0.1) is 17.4 Å². The maximum Gasteiger partial charge on any atom is 0.174 e. The summed E-state index contributed by atoms with van der Waals surface area (Å²) in [5.41, 5.74) is 1.80. The van der Waals surface area contributed by atoms with E-state index in [2.05, 4.69) is 26.2 Å². The molecule has 1 N–H and O–H groups in total. The molecule has 32 heavy (non-hydrogen) atoms. The number of halogens is 3. The molecular weight excluding hydrogens is 496 g/mol. The van der Waals surface area contributed by atoms with Gasteiger partial charge in [-0.15, -0.1) is 0 Å². The number of furan rings is 1. The van der Waals surface area contributed by atoms with E-state index in [1.807, 2.05) is 30.3 Å². The van der Waals surface area contributed by atoms with Crippen LogP contribution in [0.15, 0.2) is 87.9 Å². The summed E-state index contributed by atoms with van der Waals surface area (Å²) in [7, 11) is 0. The fraction of sp³-hybridized carbons (Fsp3) is 0.0833. The Bertz CT molecular complexity index is 1300. The van der Waals surface area contributed by atoms with Crippen molar-refractivity contribution in [2.45, 2.75) is 12.1 Å². The molecule has 4 nitrogen and oxygen atoms in total. The Morgan fingerprint density at radius 1 is 1.00 bits per heavy atom. The maximum atomic E-state index is 14.8. The Morgan fingerprint density at radius 2 is 1.81 bits per heavy atom. The zero-order valence-corrected chi connectivity index (χ0v) is 18.9. The van der Waals surface area contributed by atoms with Gasteiger partial charge in [-0.3, -0.25) is 4.98 Å². The average molecular weight is 512 g/mol. The topological polar surface area (TPSA) is 41.3 Å². The second-order valence-electron chi connectivity index (χ2n) is 7.27. The number of rotatable bonds is 4. The first-order valence-corrected chi connectivity index (χ1v) is 11.0. The molecule has 0 unspecified atom stereocenters. The van der Waals surface area contributed by atoms with E-state index in [1.165, 1.54) is 18.2 Å². The lowest BCUT2D eigenvalue weighted by Crippen LogP contribution is -2.30. The minimum Gasteiger partial charge on any atom is -0.459 e. The van der Waals surface area contributed by atoms with E-state index in [4.69, 9.17) is 16.6 Å². The number of benzene rings is 2. The molecule has 2 aromatic heterocycles. The molecule has 2 atom stereocenters. The van der Waals surface area contributed by atoms with Crippen LogP contribution >= 0.6 is 28.1 Å². The molecule has 0 bridgehead atoms. The van der Waals surface area contributed by atoms with Gasteiger partial charge in [-0.2, -0.15) is 0 Å². The lowest BCUT2D eigenvalue weighted by Gasteiger charge is -2.26. The number of hydrogen-bond acceptors (Lipinski definition) is 3. The van der Waals surface area contributed by atoms with Gasteiger partial charge in [-0.25, -0.2) is 8.78 Å². The summed E-state index contributed by atoms with van der Waals surface area (Å²) in [5.74, 6) is 0.385. The van der Waals surface area contributed by atoms with Crippen LogP contribution in [0.1, 0.15) is 23.5 Å². The highest BCUT2D eigenvalue weighted by Gasteiger charge is 2.43. The highest BCUT2D eigenvalue weighted by molar-refractivity contribution is 9.10. The Balaban J connectivity index is 1.62. The molecule has 0 aliphatic carbocycles. The van der Waals surface area contributed by atoms with Crippen LogP contribution in [0.3, 0.4) is 0 Å². The summed E-state index contributed by atoms with van der Waals surface area (Å²) < 4.78 is 35.1. The van der Waals surface area contributed by atoms with Crippen molar-refractivity contribution in [3.8, 4) is 11.3 Å². The minimum atomic E-state index is -0.484. The largest absolute Gasteiger partial charge is 0.459 e. The Hall–Kier alpha value is -3.10. The second kappa shape index (κ2) is 8.44. The number of hydrogen-bond donors (Lipinski definition) is 1. The van der Waals surface area contributed by atoms with Crippen LogP contribution in [0, 0.1) is 11.6 Å². The zero-order chi connectivity index (χ0) is 22.2. The summed E-state index contributed by atoms with van der Waals surface area (Å²) in [5, 5.41) is 3.64. The highest BCUT2D eigenvalue weighted by Crippen LogP contribution is 2.44. The van der Waals surface area contributed by atoms with Crippen LogP contribution in [0.25, 0.3) is 11.3 Å². The van der Waals surface area contributed by atoms with Gasteiger partial charge in [0.25, 0.3) is 0 Å². The lowest BCUT2D eigenvalue weighted by atomic mass is 10.0. The van der Waals surface area contributed by atoms with Crippen molar-refractivity contribution in [3.05, 3.63) is 107 Å². The smallest absolute Gasteiger partial charge is 0.174 e. The van der Waals surface area contributed by atoms with E-state index >= 15 is 0 Å². The predicted molar refractivity (Wildman–Crippen MR) is 126 cm³/mol. The predicted octanol–water partition coefficient (Wildman–Crippen LogP) is 6.56. The number of pyridine rings is 1. The molecule has 0 amide bonds. The molecule has 1 aliphatic rings. The fourth-order valence-electron chi connectivity index (χ4n) is 3.90. The lowest BCUT2D eigenvalue weighted by molar-refractivity contribution is 0.437. The Labute approximate surface area is 197 Å². The summed E-state index contributed by atoms with van der Waals surface area (Å²) in [6, 6.07) is 19.3. The number of anilines is 1. The van der Waals surface area contributed by atoms with E-state index < -0.39 is 11.9 Å². The summed E-state index contributed by atoms with van der Waals surface area (Å²) in [6.45, 7) is 0. The molecule has 0 saturated carbocycles. The Morgan fingerprint density at radius 3 is 2.56 bits per heavy atom. The first-order chi connectivity index (χ1) is 15.5. The monoisotopic (exact) mass is 511 g/mol. The van der Waals surface area contributed by atoms with Crippen molar-refractivity contribution in [2.75, 3.05) is 4.90 Å². The highest BCUT2D eigenvalue weighted by atomic mass is 79.9. The van der Waals surface area contributed by atoms with E-state index in [9.17, 15) is 8.78 Å². The van der Waals surface area contributed by atoms with Crippen LogP contribution in [-0.2, 0) is 0 Å². The molecule has 0 spiro atoms.